The molecule has 0 radical (unpaired) electrons. The lowest BCUT2D eigenvalue weighted by molar-refractivity contribution is -0.129. The van der Waals surface area contributed by atoms with E-state index in [1.807, 2.05) is 0 Å². The van der Waals surface area contributed by atoms with E-state index in [-0.39, 0.29) is 16.2 Å². The molecular formula is C8H11N3O5S2. The molecule has 0 spiro atoms. The third kappa shape index (κ3) is 3.40. The molecule has 0 saturated heterocycles. The molecule has 100 valence electrons. The molecule has 8 nitrogen and oxygen atoms in total. The Morgan fingerprint density at radius 3 is 2.61 bits per heavy atom. The van der Waals surface area contributed by atoms with Crippen LogP contribution in [0.4, 0.5) is 0 Å². The third-order valence-electron chi connectivity index (χ3n) is 1.80. The van der Waals surface area contributed by atoms with Crippen LogP contribution in [0.2, 0.25) is 0 Å². The molecule has 1 N–H and O–H groups in total. The molecule has 10 heteroatoms. The lowest BCUT2D eigenvalue weighted by atomic mass is 10.3. The minimum absolute atomic E-state index is 0.151. The number of aromatic nitrogens is 1. The molecule has 0 unspecified atom stereocenters. The van der Waals surface area contributed by atoms with Crippen LogP contribution >= 0.6 is 11.3 Å². The van der Waals surface area contributed by atoms with Crippen LogP contribution in [0.1, 0.15) is 5.69 Å². The van der Waals surface area contributed by atoms with Crippen molar-refractivity contribution in [3.8, 4) is 0 Å². The molecule has 0 atom stereocenters. The van der Waals surface area contributed by atoms with Gasteiger partial charge in [-0.05, 0) is 0 Å². The smallest absolute Gasteiger partial charge is 0.360 e. The van der Waals surface area contributed by atoms with Gasteiger partial charge in [0, 0.05) is 12.4 Å². The average Bonchev–Trinajstić information content (AvgIpc) is 2.55. The van der Waals surface area contributed by atoms with Crippen LogP contribution in [0.25, 0.3) is 0 Å². The van der Waals surface area contributed by atoms with Gasteiger partial charge in [-0.1, -0.05) is 5.16 Å². The second-order valence-electron chi connectivity index (χ2n) is 3.21. The number of hydrogen-bond donors (Lipinski definition) is 1. The summed E-state index contributed by atoms with van der Waals surface area (Å²) in [4.78, 5) is 15.6. The third-order valence-corrected chi connectivity index (χ3v) is 3.33. The first kappa shape index (κ1) is 14.4. The number of carboxylic acid groups (broad SMARTS) is 1. The number of carbonyl (C=O) groups is 1. The van der Waals surface area contributed by atoms with E-state index in [4.69, 9.17) is 5.11 Å². The van der Waals surface area contributed by atoms with E-state index < -0.39 is 16.0 Å². The highest BCUT2D eigenvalue weighted by molar-refractivity contribution is 7.89. The quantitative estimate of drug-likeness (QED) is 0.587. The Hall–Kier alpha value is -1.68. The summed E-state index contributed by atoms with van der Waals surface area (Å²) in [5.41, 5.74) is -0.122. The predicted octanol–water partition coefficient (Wildman–Crippen LogP) is -0.618. The molecular weight excluding hydrogens is 282 g/mol. The maximum Gasteiger partial charge on any atom is 0.360 e. The van der Waals surface area contributed by atoms with Gasteiger partial charge in [-0.15, -0.1) is 15.7 Å². The largest absolute Gasteiger partial charge is 0.476 e. The van der Waals surface area contributed by atoms with Gasteiger partial charge in [0.1, 0.15) is 7.11 Å². The topological polar surface area (TPSA) is 110 Å². The van der Waals surface area contributed by atoms with E-state index in [0.29, 0.717) is 0 Å². The summed E-state index contributed by atoms with van der Waals surface area (Å²) < 4.78 is 26.9. The zero-order valence-electron chi connectivity index (χ0n) is 9.82. The van der Waals surface area contributed by atoms with Crippen LogP contribution in [0, 0.1) is 0 Å². The molecule has 1 aromatic heterocycles. The van der Waals surface area contributed by atoms with E-state index in [1.165, 1.54) is 24.1 Å². The lowest BCUT2D eigenvalue weighted by Gasteiger charge is -2.01. The van der Waals surface area contributed by atoms with Crippen molar-refractivity contribution in [1.82, 2.24) is 4.57 Å². The van der Waals surface area contributed by atoms with E-state index in [2.05, 4.69) is 14.4 Å². The highest BCUT2D eigenvalue weighted by atomic mass is 32.2. The number of carboxylic acids is 1. The predicted molar refractivity (Wildman–Crippen MR) is 64.9 cm³/mol. The molecule has 0 aliphatic carbocycles. The second kappa shape index (κ2) is 5.31. The fourth-order valence-corrected chi connectivity index (χ4v) is 2.82. The molecule has 0 saturated carbocycles. The monoisotopic (exact) mass is 293 g/mol. The lowest BCUT2D eigenvalue weighted by Crippen LogP contribution is -2.23. The fourth-order valence-electron chi connectivity index (χ4n) is 1.10. The molecule has 18 heavy (non-hydrogen) atoms. The van der Waals surface area contributed by atoms with Crippen LogP contribution in [0.15, 0.2) is 14.9 Å². The molecule has 1 heterocycles. The number of oxime groups is 1. The summed E-state index contributed by atoms with van der Waals surface area (Å²) >= 11 is 0.992. The molecule has 0 aliphatic heterocycles. The summed E-state index contributed by atoms with van der Waals surface area (Å²) in [5.74, 6) is -1.28. The van der Waals surface area contributed by atoms with E-state index in [1.54, 1.807) is 0 Å². The first-order valence-corrected chi connectivity index (χ1v) is 7.24. The SMILES string of the molecule is CON=C(C(=O)O)c1csc(=NS(C)(=O)=O)n1C. The summed E-state index contributed by atoms with van der Waals surface area (Å²) in [6, 6.07) is 0. The number of nitrogens with zero attached hydrogens (tertiary/aromatic N) is 3. The summed E-state index contributed by atoms with van der Waals surface area (Å²) in [5, 5.41) is 13.8. The zero-order chi connectivity index (χ0) is 13.9. The van der Waals surface area contributed by atoms with Crippen molar-refractivity contribution in [2.75, 3.05) is 13.4 Å². The van der Waals surface area contributed by atoms with Gasteiger partial charge in [0.2, 0.25) is 10.5 Å². The van der Waals surface area contributed by atoms with Gasteiger partial charge in [-0.25, -0.2) is 13.2 Å². The number of aliphatic carboxylic acids is 1. The van der Waals surface area contributed by atoms with E-state index >= 15 is 0 Å². The molecule has 0 amide bonds. The van der Waals surface area contributed by atoms with Gasteiger partial charge in [0.25, 0.3) is 10.0 Å². The highest BCUT2D eigenvalue weighted by Crippen LogP contribution is 2.04. The maximum atomic E-state index is 11.0. The first-order valence-electron chi connectivity index (χ1n) is 4.51. The van der Waals surface area contributed by atoms with Crippen molar-refractivity contribution < 1.29 is 23.2 Å². The van der Waals surface area contributed by atoms with Gasteiger partial charge < -0.3 is 14.5 Å². The van der Waals surface area contributed by atoms with Gasteiger partial charge in [-0.3, -0.25) is 0 Å². The van der Waals surface area contributed by atoms with Gasteiger partial charge >= 0.3 is 5.97 Å². The van der Waals surface area contributed by atoms with Crippen LogP contribution in [-0.4, -0.2) is 43.1 Å². The number of hydrogen-bond acceptors (Lipinski definition) is 6. The Labute approximate surface area is 107 Å². The number of rotatable bonds is 4. The summed E-state index contributed by atoms with van der Waals surface area (Å²) in [6.45, 7) is 0. The normalized spacial score (nSPS) is 13.7. The Balaban J connectivity index is 3.44. The summed E-state index contributed by atoms with van der Waals surface area (Å²) in [7, 11) is -0.839. The molecule has 1 rings (SSSR count). The van der Waals surface area contributed by atoms with Crippen LogP contribution in [0.5, 0.6) is 0 Å². The Kier molecular flexibility index (Phi) is 4.24. The Bertz CT molecular complexity index is 653. The van der Waals surface area contributed by atoms with Crippen LogP contribution in [-0.2, 0) is 26.7 Å². The van der Waals surface area contributed by atoms with Crippen LogP contribution in [0.3, 0.4) is 0 Å². The Morgan fingerprint density at radius 2 is 2.17 bits per heavy atom. The molecule has 0 aliphatic rings. The fraction of sp³-hybridized carbons (Fsp3) is 0.375. The van der Waals surface area contributed by atoms with Crippen molar-refractivity contribution in [3.63, 3.8) is 0 Å². The molecule has 0 bridgehead atoms. The zero-order valence-corrected chi connectivity index (χ0v) is 11.4. The highest BCUT2D eigenvalue weighted by Gasteiger charge is 2.18. The van der Waals surface area contributed by atoms with Crippen molar-refractivity contribution in [2.24, 2.45) is 16.6 Å². The van der Waals surface area contributed by atoms with Gasteiger partial charge in [-0.2, -0.15) is 0 Å². The maximum absolute atomic E-state index is 11.0. The van der Waals surface area contributed by atoms with Crippen molar-refractivity contribution in [3.05, 3.63) is 15.9 Å². The summed E-state index contributed by atoms with van der Waals surface area (Å²) in [6.07, 6.45) is 0.952. The second-order valence-corrected chi connectivity index (χ2v) is 5.70. The van der Waals surface area contributed by atoms with Crippen molar-refractivity contribution in [1.29, 1.82) is 0 Å². The number of thiazole rings is 1. The van der Waals surface area contributed by atoms with Crippen molar-refractivity contribution in [2.45, 2.75) is 0 Å². The van der Waals surface area contributed by atoms with Gasteiger partial charge in [0.05, 0.1) is 11.9 Å². The van der Waals surface area contributed by atoms with E-state index in [0.717, 1.165) is 17.6 Å². The standard InChI is InChI=1S/C8H11N3O5S2/c1-11-5(6(7(12)13)9-16-2)4-17-8(11)10-18(3,14)15/h4H,1-3H3,(H,12,13). The minimum atomic E-state index is -3.55. The average molecular weight is 293 g/mol. The van der Waals surface area contributed by atoms with E-state index in [9.17, 15) is 13.2 Å². The molecule has 1 aromatic rings. The number of sulfonamides is 1. The van der Waals surface area contributed by atoms with Gasteiger partial charge in [0.15, 0.2) is 0 Å². The molecule has 0 aromatic carbocycles. The molecule has 0 fully saturated rings. The Morgan fingerprint density at radius 1 is 1.56 bits per heavy atom. The van der Waals surface area contributed by atoms with Crippen molar-refractivity contribution >= 4 is 33.0 Å². The first-order chi connectivity index (χ1) is 8.26. The minimum Gasteiger partial charge on any atom is -0.476 e. The van der Waals surface area contributed by atoms with Crippen LogP contribution < -0.4 is 4.80 Å².